The van der Waals surface area contributed by atoms with Crippen molar-refractivity contribution in [3.8, 4) is 0 Å². The monoisotopic (exact) mass is 325 g/mol. The highest BCUT2D eigenvalue weighted by Gasteiger charge is 2.21. The maximum atomic E-state index is 12.3. The lowest BCUT2D eigenvalue weighted by Gasteiger charge is -2.06. The number of hydrogen-bond donors (Lipinski definition) is 3. The van der Waals surface area contributed by atoms with Crippen LogP contribution in [0.5, 0.6) is 0 Å². The maximum Gasteiger partial charge on any atom is 0.263 e. The third-order valence-electron chi connectivity index (χ3n) is 3.26. The van der Waals surface area contributed by atoms with Gasteiger partial charge in [0.2, 0.25) is 0 Å². The Balaban J connectivity index is 1.71. The molecule has 21 heavy (non-hydrogen) atoms. The van der Waals surface area contributed by atoms with Gasteiger partial charge in [-0.3, -0.25) is 4.72 Å². The third-order valence-corrected chi connectivity index (χ3v) is 4.86. The number of sulfonamides is 1. The van der Waals surface area contributed by atoms with E-state index < -0.39 is 10.0 Å². The average molecular weight is 326 g/mol. The first-order chi connectivity index (χ1) is 10.0. The number of aromatic amines is 1. The zero-order valence-electron chi connectivity index (χ0n) is 11.3. The average Bonchev–Trinajstić information content (AvgIpc) is 3.12. The van der Waals surface area contributed by atoms with Crippen LogP contribution in [0.2, 0.25) is 5.02 Å². The lowest BCUT2D eigenvalue weighted by Crippen LogP contribution is -2.15. The van der Waals surface area contributed by atoms with Gasteiger partial charge in [-0.25, -0.2) is 8.42 Å². The fourth-order valence-electron chi connectivity index (χ4n) is 1.98. The highest BCUT2D eigenvalue weighted by atomic mass is 35.5. The summed E-state index contributed by atoms with van der Waals surface area (Å²) in [4.78, 5) is 3.20. The second kappa shape index (κ2) is 5.71. The summed E-state index contributed by atoms with van der Waals surface area (Å²) in [6.07, 6.45) is 3.89. The van der Waals surface area contributed by atoms with Gasteiger partial charge in [-0.05, 0) is 37.1 Å². The molecule has 0 aliphatic heterocycles. The fourth-order valence-corrected chi connectivity index (χ4v) is 3.24. The number of benzene rings is 1. The molecule has 112 valence electrons. The standard InChI is InChI=1S/C14H16ClN3O2S/c15-10-2-1-3-12(6-10)18-21(19,20)14-7-13(17-9-14)8-16-11-4-5-11/h1-3,6-7,9,11,16-18H,4-5,8H2. The van der Waals surface area contributed by atoms with Gasteiger partial charge in [-0.15, -0.1) is 0 Å². The van der Waals surface area contributed by atoms with Crippen LogP contribution in [0.3, 0.4) is 0 Å². The van der Waals surface area contributed by atoms with Gasteiger partial charge < -0.3 is 10.3 Å². The van der Waals surface area contributed by atoms with Gasteiger partial charge in [0.1, 0.15) is 4.90 Å². The predicted octanol–water partition coefficient (Wildman–Crippen LogP) is 2.72. The normalized spacial score (nSPS) is 15.1. The van der Waals surface area contributed by atoms with Gasteiger partial charge in [0, 0.05) is 29.5 Å². The Bertz CT molecular complexity index is 738. The molecule has 0 radical (unpaired) electrons. The number of H-pyrrole nitrogens is 1. The predicted molar refractivity (Wildman–Crippen MR) is 82.9 cm³/mol. The van der Waals surface area contributed by atoms with E-state index in [-0.39, 0.29) is 4.90 Å². The highest BCUT2D eigenvalue weighted by Crippen LogP contribution is 2.21. The molecule has 1 fully saturated rings. The highest BCUT2D eigenvalue weighted by molar-refractivity contribution is 7.92. The van der Waals surface area contributed by atoms with Gasteiger partial charge in [0.05, 0.1) is 5.69 Å². The largest absolute Gasteiger partial charge is 0.363 e. The van der Waals surface area contributed by atoms with Crippen LogP contribution in [-0.2, 0) is 16.6 Å². The molecule has 1 aromatic heterocycles. The van der Waals surface area contributed by atoms with Crippen LogP contribution in [0, 0.1) is 0 Å². The van der Waals surface area contributed by atoms with Gasteiger partial charge in [0.25, 0.3) is 10.0 Å². The first kappa shape index (κ1) is 14.4. The molecule has 0 bridgehead atoms. The first-order valence-corrected chi connectivity index (χ1v) is 8.58. The summed E-state index contributed by atoms with van der Waals surface area (Å²) in [5.74, 6) is 0. The molecular weight excluding hydrogens is 310 g/mol. The molecule has 5 nitrogen and oxygen atoms in total. The number of aromatic nitrogens is 1. The van der Waals surface area contributed by atoms with E-state index in [2.05, 4.69) is 15.0 Å². The van der Waals surface area contributed by atoms with E-state index in [9.17, 15) is 8.42 Å². The van der Waals surface area contributed by atoms with Crippen molar-refractivity contribution >= 4 is 27.3 Å². The van der Waals surface area contributed by atoms with Crippen LogP contribution in [0.25, 0.3) is 0 Å². The molecule has 0 spiro atoms. The Morgan fingerprint density at radius 1 is 1.29 bits per heavy atom. The van der Waals surface area contributed by atoms with Crippen molar-refractivity contribution in [3.05, 3.63) is 47.2 Å². The molecule has 0 saturated heterocycles. The van der Waals surface area contributed by atoms with E-state index in [0.29, 0.717) is 23.3 Å². The van der Waals surface area contributed by atoms with E-state index in [1.807, 2.05) is 0 Å². The Morgan fingerprint density at radius 3 is 2.81 bits per heavy atom. The van der Waals surface area contributed by atoms with Gasteiger partial charge in [-0.1, -0.05) is 17.7 Å². The lowest BCUT2D eigenvalue weighted by atomic mass is 10.3. The van der Waals surface area contributed by atoms with E-state index >= 15 is 0 Å². The Kier molecular flexibility index (Phi) is 3.93. The number of hydrogen-bond acceptors (Lipinski definition) is 3. The van der Waals surface area contributed by atoms with Crippen molar-refractivity contribution < 1.29 is 8.42 Å². The smallest absolute Gasteiger partial charge is 0.263 e. The van der Waals surface area contributed by atoms with Gasteiger partial charge in [0.15, 0.2) is 0 Å². The van der Waals surface area contributed by atoms with Gasteiger partial charge >= 0.3 is 0 Å². The zero-order valence-corrected chi connectivity index (χ0v) is 12.8. The van der Waals surface area contributed by atoms with E-state index in [0.717, 1.165) is 5.69 Å². The number of rotatable bonds is 6. The first-order valence-electron chi connectivity index (χ1n) is 6.72. The van der Waals surface area contributed by atoms with Crippen molar-refractivity contribution in [1.82, 2.24) is 10.3 Å². The fraction of sp³-hybridized carbons (Fsp3) is 0.286. The molecule has 1 aromatic carbocycles. The molecule has 1 aliphatic carbocycles. The minimum Gasteiger partial charge on any atom is -0.363 e. The zero-order chi connectivity index (χ0) is 14.9. The quantitative estimate of drug-likeness (QED) is 0.764. The molecule has 1 aliphatic rings. The van der Waals surface area contributed by atoms with Crippen LogP contribution < -0.4 is 10.0 Å². The van der Waals surface area contributed by atoms with E-state index in [1.54, 1.807) is 30.3 Å². The second-order valence-electron chi connectivity index (χ2n) is 5.13. The molecule has 0 atom stereocenters. The molecule has 2 aromatic rings. The van der Waals surface area contributed by atoms with Crippen LogP contribution in [0.15, 0.2) is 41.4 Å². The minimum absolute atomic E-state index is 0.218. The molecule has 0 amide bonds. The summed E-state index contributed by atoms with van der Waals surface area (Å²) < 4.78 is 27.1. The van der Waals surface area contributed by atoms with E-state index in [1.165, 1.54) is 19.0 Å². The van der Waals surface area contributed by atoms with Crippen molar-refractivity contribution in [3.63, 3.8) is 0 Å². The van der Waals surface area contributed by atoms with Crippen LogP contribution >= 0.6 is 11.6 Å². The van der Waals surface area contributed by atoms with Crippen LogP contribution in [-0.4, -0.2) is 19.4 Å². The summed E-state index contributed by atoms with van der Waals surface area (Å²) in [6.45, 7) is 0.650. The summed E-state index contributed by atoms with van der Waals surface area (Å²) >= 11 is 5.85. The van der Waals surface area contributed by atoms with Crippen molar-refractivity contribution in [1.29, 1.82) is 0 Å². The van der Waals surface area contributed by atoms with Crippen molar-refractivity contribution in [2.24, 2.45) is 0 Å². The number of anilines is 1. The molecule has 3 rings (SSSR count). The summed E-state index contributed by atoms with van der Waals surface area (Å²) in [7, 11) is -3.60. The van der Waals surface area contributed by atoms with Crippen LogP contribution in [0.4, 0.5) is 5.69 Å². The maximum absolute atomic E-state index is 12.3. The minimum atomic E-state index is -3.60. The summed E-state index contributed by atoms with van der Waals surface area (Å²) in [6, 6.07) is 8.84. The number of halogens is 1. The van der Waals surface area contributed by atoms with Gasteiger partial charge in [-0.2, -0.15) is 0 Å². The molecular formula is C14H16ClN3O2S. The van der Waals surface area contributed by atoms with E-state index in [4.69, 9.17) is 11.6 Å². The molecule has 7 heteroatoms. The molecule has 0 unspecified atom stereocenters. The topological polar surface area (TPSA) is 74.0 Å². The van der Waals surface area contributed by atoms with Crippen molar-refractivity contribution in [2.75, 3.05) is 4.72 Å². The number of nitrogens with one attached hydrogen (secondary N) is 3. The summed E-state index contributed by atoms with van der Waals surface area (Å²) in [5, 5.41) is 3.82. The molecule has 1 saturated carbocycles. The molecule has 3 N–H and O–H groups in total. The molecule has 1 heterocycles. The summed E-state index contributed by atoms with van der Waals surface area (Å²) in [5.41, 5.74) is 1.30. The Labute approximate surface area is 128 Å². The van der Waals surface area contributed by atoms with Crippen molar-refractivity contribution in [2.45, 2.75) is 30.3 Å². The third kappa shape index (κ3) is 3.78. The SMILES string of the molecule is O=S(=O)(Nc1cccc(Cl)c1)c1c[nH]c(CNC2CC2)c1. The second-order valence-corrected chi connectivity index (χ2v) is 7.25. The Morgan fingerprint density at radius 2 is 2.10 bits per heavy atom. The Hall–Kier alpha value is -1.50. The lowest BCUT2D eigenvalue weighted by molar-refractivity contribution is 0.601. The van der Waals surface area contributed by atoms with Crippen LogP contribution in [0.1, 0.15) is 18.5 Å².